The molecule has 0 atom stereocenters. The van der Waals surface area contributed by atoms with Crippen molar-refractivity contribution in [3.63, 3.8) is 0 Å². The summed E-state index contributed by atoms with van der Waals surface area (Å²) in [6.07, 6.45) is -2.26. The van der Waals surface area contributed by atoms with Crippen LogP contribution in [0.2, 0.25) is 0 Å². The first-order valence-corrected chi connectivity index (χ1v) is 7.79. The van der Waals surface area contributed by atoms with Crippen LogP contribution in [0.25, 0.3) is 16.3 Å². The quantitative estimate of drug-likeness (QED) is 0.789. The van der Waals surface area contributed by atoms with E-state index < -0.39 is 11.9 Å². The summed E-state index contributed by atoms with van der Waals surface area (Å²) in [5.41, 5.74) is 0.362. The van der Waals surface area contributed by atoms with Crippen molar-refractivity contribution in [1.29, 1.82) is 0 Å². The molecule has 0 saturated heterocycles. The second-order valence-corrected chi connectivity index (χ2v) is 6.04. The molecule has 0 amide bonds. The molecule has 22 heavy (non-hydrogen) atoms. The fraction of sp³-hybridized carbons (Fsp3) is 0.400. The molecule has 1 N–H and O–H groups in total. The van der Waals surface area contributed by atoms with E-state index in [9.17, 15) is 13.2 Å². The zero-order valence-corrected chi connectivity index (χ0v) is 13.3. The number of unbranched alkanes of at least 4 members (excludes halogenated alkanes) is 1. The Labute approximate surface area is 131 Å². The van der Waals surface area contributed by atoms with Crippen molar-refractivity contribution in [3.05, 3.63) is 35.3 Å². The fourth-order valence-electron chi connectivity index (χ4n) is 1.99. The highest BCUT2D eigenvalue weighted by Crippen LogP contribution is 2.35. The van der Waals surface area contributed by atoms with E-state index >= 15 is 0 Å². The molecule has 0 spiro atoms. The number of thiophene rings is 1. The lowest BCUT2D eigenvalue weighted by Gasteiger charge is -2.06. The second kappa shape index (κ2) is 6.56. The smallest absolute Gasteiger partial charge is 0.384 e. The maximum atomic E-state index is 12.8. The zero-order valence-electron chi connectivity index (χ0n) is 12.5. The standard InChI is InChI=1S/C15H18F3N3S/c1-4-5-8-19-10(2)12-6-7-13(22-12)11-9-14(15(16,17)18)21(3)20-11/h6-7,9,19H,2,4-5,8H2,1,3H3. The first kappa shape index (κ1) is 16.6. The molecule has 7 heteroatoms. The van der Waals surface area contributed by atoms with E-state index in [2.05, 4.69) is 23.9 Å². The van der Waals surface area contributed by atoms with E-state index in [1.807, 2.05) is 6.07 Å². The van der Waals surface area contributed by atoms with Gasteiger partial charge in [0.05, 0.1) is 9.75 Å². The average Bonchev–Trinajstić information content (AvgIpc) is 3.04. The van der Waals surface area contributed by atoms with Gasteiger partial charge in [-0.25, -0.2) is 0 Å². The van der Waals surface area contributed by atoms with Gasteiger partial charge in [0.2, 0.25) is 0 Å². The van der Waals surface area contributed by atoms with Crippen molar-refractivity contribution in [3.8, 4) is 10.6 Å². The van der Waals surface area contributed by atoms with Crippen molar-refractivity contribution in [2.75, 3.05) is 6.54 Å². The van der Waals surface area contributed by atoms with Gasteiger partial charge in [0.15, 0.2) is 0 Å². The Balaban J connectivity index is 2.16. The van der Waals surface area contributed by atoms with Crippen LogP contribution in [0.3, 0.4) is 0 Å². The van der Waals surface area contributed by atoms with Crippen molar-refractivity contribution in [2.24, 2.45) is 7.05 Å². The zero-order chi connectivity index (χ0) is 16.3. The van der Waals surface area contributed by atoms with Gasteiger partial charge in [0.25, 0.3) is 0 Å². The third kappa shape index (κ3) is 3.71. The highest BCUT2D eigenvalue weighted by atomic mass is 32.1. The summed E-state index contributed by atoms with van der Waals surface area (Å²) < 4.78 is 39.3. The molecule has 120 valence electrons. The number of rotatable bonds is 6. The van der Waals surface area contributed by atoms with Gasteiger partial charge in [-0.1, -0.05) is 19.9 Å². The van der Waals surface area contributed by atoms with Crippen LogP contribution in [0.5, 0.6) is 0 Å². The van der Waals surface area contributed by atoms with Crippen LogP contribution >= 0.6 is 11.3 Å². The van der Waals surface area contributed by atoms with Gasteiger partial charge in [-0.15, -0.1) is 11.3 Å². The minimum Gasteiger partial charge on any atom is -0.384 e. The van der Waals surface area contributed by atoms with Gasteiger partial charge in [-0.2, -0.15) is 18.3 Å². The molecule has 0 aliphatic rings. The molecular weight excluding hydrogens is 311 g/mol. The lowest BCUT2D eigenvalue weighted by Crippen LogP contribution is -2.11. The van der Waals surface area contributed by atoms with E-state index in [0.717, 1.165) is 40.7 Å². The molecule has 0 aliphatic heterocycles. The van der Waals surface area contributed by atoms with Gasteiger partial charge in [-0.3, -0.25) is 4.68 Å². The van der Waals surface area contributed by atoms with Crippen LogP contribution in [-0.2, 0) is 13.2 Å². The molecule has 2 rings (SSSR count). The van der Waals surface area contributed by atoms with Gasteiger partial charge < -0.3 is 5.32 Å². The first-order chi connectivity index (χ1) is 10.3. The summed E-state index contributed by atoms with van der Waals surface area (Å²) in [6.45, 7) is 6.90. The van der Waals surface area contributed by atoms with Crippen LogP contribution in [0.1, 0.15) is 30.3 Å². The highest BCUT2D eigenvalue weighted by Gasteiger charge is 2.35. The van der Waals surface area contributed by atoms with Gasteiger partial charge in [0, 0.05) is 19.3 Å². The number of hydrogen-bond donors (Lipinski definition) is 1. The third-order valence-electron chi connectivity index (χ3n) is 3.19. The Morgan fingerprint density at radius 1 is 1.41 bits per heavy atom. The molecule has 3 nitrogen and oxygen atoms in total. The summed E-state index contributed by atoms with van der Waals surface area (Å²) in [5.74, 6) is 0. The number of hydrogen-bond acceptors (Lipinski definition) is 3. The number of alkyl halides is 3. The lowest BCUT2D eigenvalue weighted by molar-refractivity contribution is -0.143. The largest absolute Gasteiger partial charge is 0.433 e. The van der Waals surface area contributed by atoms with E-state index in [0.29, 0.717) is 10.6 Å². The van der Waals surface area contributed by atoms with Crippen molar-refractivity contribution < 1.29 is 13.2 Å². The predicted molar refractivity (Wildman–Crippen MR) is 83.5 cm³/mol. The molecule has 0 unspecified atom stereocenters. The van der Waals surface area contributed by atoms with Crippen LogP contribution in [0.4, 0.5) is 13.2 Å². The fourth-order valence-corrected chi connectivity index (χ4v) is 2.90. The van der Waals surface area contributed by atoms with Crippen molar-refractivity contribution in [1.82, 2.24) is 15.1 Å². The average molecular weight is 329 g/mol. The number of aromatic nitrogens is 2. The van der Waals surface area contributed by atoms with Crippen LogP contribution < -0.4 is 5.32 Å². The van der Waals surface area contributed by atoms with Crippen LogP contribution in [0.15, 0.2) is 24.8 Å². The number of halogens is 3. The van der Waals surface area contributed by atoms with Crippen molar-refractivity contribution in [2.45, 2.75) is 25.9 Å². The summed E-state index contributed by atoms with van der Waals surface area (Å²) in [4.78, 5) is 1.60. The van der Waals surface area contributed by atoms with E-state index in [4.69, 9.17) is 0 Å². The van der Waals surface area contributed by atoms with E-state index in [1.165, 1.54) is 18.4 Å². The Hall–Kier alpha value is -1.76. The van der Waals surface area contributed by atoms with E-state index in [-0.39, 0.29) is 0 Å². The van der Waals surface area contributed by atoms with Gasteiger partial charge >= 0.3 is 6.18 Å². The number of nitrogens with zero attached hydrogens (tertiary/aromatic N) is 2. The minimum atomic E-state index is -4.40. The topological polar surface area (TPSA) is 29.9 Å². The molecule has 0 aromatic carbocycles. The maximum Gasteiger partial charge on any atom is 0.433 e. The van der Waals surface area contributed by atoms with Crippen molar-refractivity contribution >= 4 is 17.0 Å². The van der Waals surface area contributed by atoms with Gasteiger partial charge in [-0.05, 0) is 24.6 Å². The summed E-state index contributed by atoms with van der Waals surface area (Å²) in [6, 6.07) is 4.70. The Morgan fingerprint density at radius 2 is 2.14 bits per heavy atom. The normalized spacial score (nSPS) is 11.7. The molecule has 0 fully saturated rings. The molecule has 2 heterocycles. The molecule has 0 saturated carbocycles. The molecule has 0 bridgehead atoms. The van der Waals surface area contributed by atoms with Crippen LogP contribution in [0, 0.1) is 0 Å². The van der Waals surface area contributed by atoms with Gasteiger partial charge in [0.1, 0.15) is 11.4 Å². The number of aryl methyl sites for hydroxylation is 1. The Morgan fingerprint density at radius 3 is 2.73 bits per heavy atom. The SMILES string of the molecule is C=C(NCCCC)c1ccc(-c2cc(C(F)(F)F)n(C)n2)s1. The summed E-state index contributed by atoms with van der Waals surface area (Å²) in [7, 11) is 1.30. The first-order valence-electron chi connectivity index (χ1n) is 6.97. The molecule has 2 aromatic heterocycles. The summed E-state index contributed by atoms with van der Waals surface area (Å²) in [5, 5.41) is 7.17. The second-order valence-electron chi connectivity index (χ2n) is 4.96. The molecular formula is C15H18F3N3S. The minimum absolute atomic E-state index is 0.326. The van der Waals surface area contributed by atoms with E-state index in [1.54, 1.807) is 6.07 Å². The summed E-state index contributed by atoms with van der Waals surface area (Å²) >= 11 is 1.38. The Kier molecular flexibility index (Phi) is 4.95. The Bertz CT molecular complexity index is 655. The third-order valence-corrected chi connectivity index (χ3v) is 4.36. The lowest BCUT2D eigenvalue weighted by atomic mass is 10.3. The highest BCUT2D eigenvalue weighted by molar-refractivity contribution is 7.16. The van der Waals surface area contributed by atoms with Crippen LogP contribution in [-0.4, -0.2) is 16.3 Å². The number of nitrogens with one attached hydrogen (secondary N) is 1. The monoisotopic (exact) mass is 329 g/mol. The molecule has 2 aromatic rings. The maximum absolute atomic E-state index is 12.8. The molecule has 0 aliphatic carbocycles. The molecule has 0 radical (unpaired) electrons. The predicted octanol–water partition coefficient (Wildman–Crippen LogP) is 4.53.